The van der Waals surface area contributed by atoms with Crippen molar-refractivity contribution < 1.29 is 22.4 Å². The van der Waals surface area contributed by atoms with Gasteiger partial charge < -0.3 is 4.57 Å². The summed E-state index contributed by atoms with van der Waals surface area (Å²) in [6.45, 7) is 0. The van der Waals surface area contributed by atoms with Crippen LogP contribution in [0.2, 0.25) is 5.02 Å². The van der Waals surface area contributed by atoms with Crippen LogP contribution in [0.1, 0.15) is 47.2 Å². The molecule has 0 unspecified atom stereocenters. The maximum Gasteiger partial charge on any atom is 0.419 e. The van der Waals surface area contributed by atoms with Gasteiger partial charge in [0.25, 0.3) is 5.56 Å². The van der Waals surface area contributed by atoms with E-state index in [9.17, 15) is 22.8 Å². The number of alkyl halides is 3. The number of ketones is 1. The number of aromatic nitrogens is 5. The van der Waals surface area contributed by atoms with Crippen molar-refractivity contribution in [3.05, 3.63) is 104 Å². The van der Waals surface area contributed by atoms with Crippen LogP contribution in [0.5, 0.6) is 0 Å². The second kappa shape index (κ2) is 9.39. The van der Waals surface area contributed by atoms with E-state index >= 15 is 4.39 Å². The second-order valence-electron chi connectivity index (χ2n) is 11.4. The van der Waals surface area contributed by atoms with Gasteiger partial charge in [0.05, 0.1) is 17.3 Å². The molecule has 220 valence electrons. The molecule has 2 aliphatic heterocycles. The normalized spacial score (nSPS) is 22.0. The van der Waals surface area contributed by atoms with E-state index in [-0.39, 0.29) is 41.4 Å². The summed E-state index contributed by atoms with van der Waals surface area (Å²) in [6.07, 6.45) is -1.95. The molecule has 0 amide bonds. The summed E-state index contributed by atoms with van der Waals surface area (Å²) in [4.78, 5) is 29.9. The molecule has 2 aromatic heterocycles. The molecule has 4 heterocycles. The third-order valence-electron chi connectivity index (χ3n) is 8.81. The van der Waals surface area contributed by atoms with Crippen LogP contribution in [0.4, 0.5) is 17.6 Å². The van der Waals surface area contributed by atoms with Crippen molar-refractivity contribution in [1.82, 2.24) is 24.8 Å². The molecular formula is C31H19ClF4N6O2. The Morgan fingerprint density at radius 1 is 0.977 bits per heavy atom. The summed E-state index contributed by atoms with van der Waals surface area (Å²) in [5.74, 6) is -1.55. The van der Waals surface area contributed by atoms with Gasteiger partial charge >= 0.3 is 6.18 Å². The van der Waals surface area contributed by atoms with Gasteiger partial charge in [0.1, 0.15) is 6.33 Å². The minimum absolute atomic E-state index is 0.0778. The van der Waals surface area contributed by atoms with Crippen LogP contribution >= 0.6 is 11.6 Å². The summed E-state index contributed by atoms with van der Waals surface area (Å²) < 4.78 is 58.7. The number of carbonyl (C=O) groups excluding carboxylic acids is 1. The average molecular weight is 619 g/mol. The lowest BCUT2D eigenvalue weighted by molar-refractivity contribution is -0.128. The largest absolute Gasteiger partial charge is 0.419 e. The minimum Gasteiger partial charge on any atom is -0.303 e. The van der Waals surface area contributed by atoms with Crippen molar-refractivity contribution in [1.29, 1.82) is 0 Å². The van der Waals surface area contributed by atoms with Gasteiger partial charge in [0.15, 0.2) is 5.78 Å². The number of fused-ring (bicyclic) bond motifs is 4. The van der Waals surface area contributed by atoms with Gasteiger partial charge in [-0.3, -0.25) is 9.59 Å². The first-order valence-corrected chi connectivity index (χ1v) is 14.2. The van der Waals surface area contributed by atoms with Crippen LogP contribution in [0.15, 0.2) is 76.2 Å². The van der Waals surface area contributed by atoms with E-state index in [1.165, 1.54) is 23.1 Å². The number of allylic oxidation sites excluding steroid dienone is 2. The first kappa shape index (κ1) is 26.9. The predicted octanol–water partition coefficient (Wildman–Crippen LogP) is 6.06. The van der Waals surface area contributed by atoms with E-state index in [1.807, 2.05) is 6.07 Å². The zero-order chi connectivity index (χ0) is 30.5. The molecule has 2 aromatic carbocycles. The highest BCUT2D eigenvalue weighted by Crippen LogP contribution is 2.60. The molecule has 8 rings (SSSR count). The molecule has 4 aliphatic rings. The number of aliphatic imine (C=N–C) groups is 1. The summed E-state index contributed by atoms with van der Waals surface area (Å²) in [6, 6.07) is 12.9. The Balaban J connectivity index is 1.12. The van der Waals surface area contributed by atoms with E-state index in [0.29, 0.717) is 38.7 Å². The molecule has 0 saturated heterocycles. The molecule has 2 aliphatic carbocycles. The lowest BCUT2D eigenvalue weighted by Crippen LogP contribution is -2.29. The van der Waals surface area contributed by atoms with Crippen molar-refractivity contribution in [2.45, 2.75) is 37.4 Å². The topological polar surface area (TPSA) is 95.0 Å². The smallest absolute Gasteiger partial charge is 0.303 e. The number of tetrazole rings is 1. The molecule has 4 aromatic rings. The van der Waals surface area contributed by atoms with Gasteiger partial charge in [-0.25, -0.2) is 4.99 Å². The first-order chi connectivity index (χ1) is 21.1. The molecule has 0 spiro atoms. The average Bonchev–Trinajstić information content (AvgIpc) is 3.28. The Kier molecular flexibility index (Phi) is 5.74. The Labute approximate surface area is 251 Å². The van der Waals surface area contributed by atoms with E-state index in [2.05, 4.69) is 20.5 Å². The fraction of sp³-hybridized carbons (Fsp3) is 0.226. The molecular weight excluding hydrogens is 600 g/mol. The van der Waals surface area contributed by atoms with Crippen LogP contribution in [0.3, 0.4) is 0 Å². The number of benzene rings is 2. The molecule has 8 nitrogen and oxygen atoms in total. The number of carbonyl (C=O) groups is 1. The monoisotopic (exact) mass is 618 g/mol. The fourth-order valence-corrected chi connectivity index (χ4v) is 6.91. The summed E-state index contributed by atoms with van der Waals surface area (Å²) in [5.41, 5.74) is 3.10. The SMILES string of the molecule is O=C1Cc2ccc(C3=C(F)N=C([C@@H]4[C@H]5C[C@H]5c5cc(-c6cc(Cl)ccc6-n6cnnn6)cc(=O)n54)C3)cc2C=C1C(F)(F)F. The molecule has 0 radical (unpaired) electrons. The molecule has 0 bridgehead atoms. The standard InChI is InChI=1S/C31H19ClF4N6O2/c32-18-3-4-25(41-13-37-39-40-41)19(10-18)17-7-26-21-11-22(21)29(42(26)28(44)9-17)24-12-20(30(33)38-24)15-2-1-14-8-27(43)23(31(34,35)36)6-16(14)5-15/h1-7,9-10,13,21-22,29H,8,11-12H2/t21-,22+,29+/m1/s1. The Bertz CT molecular complexity index is 2080. The van der Waals surface area contributed by atoms with E-state index in [4.69, 9.17) is 11.6 Å². The highest BCUT2D eigenvalue weighted by molar-refractivity contribution is 6.31. The highest BCUT2D eigenvalue weighted by atomic mass is 35.5. The third-order valence-corrected chi connectivity index (χ3v) is 9.04. The molecule has 44 heavy (non-hydrogen) atoms. The van der Waals surface area contributed by atoms with E-state index in [1.54, 1.807) is 34.9 Å². The molecule has 13 heteroatoms. The molecule has 3 atom stereocenters. The summed E-state index contributed by atoms with van der Waals surface area (Å²) in [5, 5.41) is 11.8. The van der Waals surface area contributed by atoms with Gasteiger partial charge in [-0.1, -0.05) is 23.7 Å². The van der Waals surface area contributed by atoms with Crippen molar-refractivity contribution in [2.75, 3.05) is 0 Å². The number of pyridine rings is 1. The predicted molar refractivity (Wildman–Crippen MR) is 153 cm³/mol. The van der Waals surface area contributed by atoms with Crippen molar-refractivity contribution >= 4 is 34.7 Å². The zero-order valence-electron chi connectivity index (χ0n) is 22.5. The minimum atomic E-state index is -4.77. The van der Waals surface area contributed by atoms with Crippen molar-refractivity contribution in [3.63, 3.8) is 0 Å². The van der Waals surface area contributed by atoms with Crippen LogP contribution in [-0.4, -0.2) is 42.4 Å². The summed E-state index contributed by atoms with van der Waals surface area (Å²) >= 11 is 6.31. The lowest BCUT2D eigenvalue weighted by Gasteiger charge is -2.20. The van der Waals surface area contributed by atoms with Crippen LogP contribution in [-0.2, 0) is 11.2 Å². The number of nitrogens with zero attached hydrogens (tertiary/aromatic N) is 6. The zero-order valence-corrected chi connectivity index (χ0v) is 23.3. The van der Waals surface area contributed by atoms with Gasteiger partial charge in [-0.2, -0.15) is 22.2 Å². The molecule has 1 fully saturated rings. The fourth-order valence-electron chi connectivity index (χ4n) is 6.74. The van der Waals surface area contributed by atoms with Gasteiger partial charge in [-0.15, -0.1) is 5.10 Å². The number of Topliss-reactive ketones (excluding diaryl/α,β-unsaturated/α-hetero) is 1. The lowest BCUT2D eigenvalue weighted by atomic mass is 9.88. The Hall–Kier alpha value is -4.71. The number of hydrogen-bond acceptors (Lipinski definition) is 6. The third kappa shape index (κ3) is 4.19. The number of hydrogen-bond donors (Lipinski definition) is 0. The number of halogens is 5. The maximum absolute atomic E-state index is 15.4. The number of rotatable bonds is 4. The maximum atomic E-state index is 15.4. The van der Waals surface area contributed by atoms with Gasteiger partial charge in [-0.05, 0) is 81.4 Å². The van der Waals surface area contributed by atoms with Crippen LogP contribution in [0.25, 0.3) is 28.5 Å². The Morgan fingerprint density at radius 2 is 1.82 bits per heavy atom. The quantitative estimate of drug-likeness (QED) is 0.205. The molecule has 0 N–H and O–H groups in total. The first-order valence-electron chi connectivity index (χ1n) is 13.8. The second-order valence-corrected chi connectivity index (χ2v) is 11.8. The van der Waals surface area contributed by atoms with Gasteiger partial charge in [0, 0.05) is 52.4 Å². The van der Waals surface area contributed by atoms with E-state index < -0.39 is 29.5 Å². The van der Waals surface area contributed by atoms with Crippen molar-refractivity contribution in [2.24, 2.45) is 10.9 Å². The van der Waals surface area contributed by atoms with Crippen molar-refractivity contribution in [3.8, 4) is 16.8 Å². The van der Waals surface area contributed by atoms with Gasteiger partial charge in [0.2, 0.25) is 5.95 Å². The summed E-state index contributed by atoms with van der Waals surface area (Å²) in [7, 11) is 0. The Morgan fingerprint density at radius 3 is 2.59 bits per heavy atom. The van der Waals surface area contributed by atoms with Crippen LogP contribution in [0, 0.1) is 5.92 Å². The molecule has 1 saturated carbocycles. The highest BCUT2D eigenvalue weighted by Gasteiger charge is 2.55. The van der Waals surface area contributed by atoms with Crippen LogP contribution < -0.4 is 5.56 Å². The van der Waals surface area contributed by atoms with E-state index in [0.717, 1.165) is 18.2 Å².